The zero-order chi connectivity index (χ0) is 13.1. The van der Waals surface area contributed by atoms with Crippen molar-refractivity contribution in [3.63, 3.8) is 0 Å². The van der Waals surface area contributed by atoms with E-state index in [2.05, 4.69) is 29.6 Å². The summed E-state index contributed by atoms with van der Waals surface area (Å²) in [4.78, 5) is 12.9. The van der Waals surface area contributed by atoms with E-state index in [1.54, 1.807) is 0 Å². The minimum atomic E-state index is -0.206. The minimum Gasteiger partial charge on any atom is -0.317 e. The van der Waals surface area contributed by atoms with Crippen molar-refractivity contribution in [2.75, 3.05) is 13.1 Å². The average Bonchev–Trinajstić information content (AvgIpc) is 2.44. The van der Waals surface area contributed by atoms with Crippen LogP contribution in [0, 0.1) is 5.92 Å². The van der Waals surface area contributed by atoms with E-state index in [4.69, 9.17) is 0 Å². The first-order valence-corrected chi connectivity index (χ1v) is 7.61. The van der Waals surface area contributed by atoms with Gasteiger partial charge >= 0.3 is 0 Å². The molecule has 0 amide bonds. The molecule has 1 aliphatic heterocycles. The smallest absolute Gasteiger partial charge is 0.143 e. The zero-order valence-corrected chi connectivity index (χ0v) is 11.5. The minimum absolute atomic E-state index is 0.206. The average molecular weight is 257 g/mol. The second-order valence-corrected chi connectivity index (χ2v) is 6.12. The van der Waals surface area contributed by atoms with Crippen molar-refractivity contribution in [1.82, 2.24) is 5.32 Å². The van der Waals surface area contributed by atoms with E-state index in [0.29, 0.717) is 11.7 Å². The molecule has 2 fully saturated rings. The number of carbonyl (C=O) groups is 1. The molecule has 0 bridgehead atoms. The summed E-state index contributed by atoms with van der Waals surface area (Å²) in [6.45, 7) is 1.93. The van der Waals surface area contributed by atoms with Gasteiger partial charge in [0, 0.05) is 6.42 Å². The van der Waals surface area contributed by atoms with E-state index in [1.165, 1.54) is 24.8 Å². The summed E-state index contributed by atoms with van der Waals surface area (Å²) in [7, 11) is 0. The van der Waals surface area contributed by atoms with Gasteiger partial charge in [0.1, 0.15) is 5.78 Å². The summed E-state index contributed by atoms with van der Waals surface area (Å²) in [5, 5.41) is 3.39. The molecule has 3 rings (SSSR count). The highest BCUT2D eigenvalue weighted by atomic mass is 16.1. The molecule has 0 radical (unpaired) electrons. The van der Waals surface area contributed by atoms with Gasteiger partial charge in [-0.3, -0.25) is 4.79 Å². The fourth-order valence-electron chi connectivity index (χ4n) is 3.49. The highest BCUT2D eigenvalue weighted by molar-refractivity contribution is 5.90. The van der Waals surface area contributed by atoms with Crippen LogP contribution in [0.4, 0.5) is 0 Å². The number of benzene rings is 1. The zero-order valence-electron chi connectivity index (χ0n) is 11.5. The Balaban J connectivity index is 1.85. The van der Waals surface area contributed by atoms with Gasteiger partial charge in [0.05, 0.1) is 5.41 Å². The molecule has 2 heteroatoms. The number of hydrogen-bond acceptors (Lipinski definition) is 2. The van der Waals surface area contributed by atoms with Crippen molar-refractivity contribution in [2.24, 2.45) is 5.92 Å². The number of nitrogens with one attached hydrogen (secondary N) is 1. The third-order valence-corrected chi connectivity index (χ3v) is 5.02. The molecular weight excluding hydrogens is 234 g/mol. The summed E-state index contributed by atoms with van der Waals surface area (Å²) in [6, 6.07) is 10.5. The maximum absolute atomic E-state index is 12.9. The fraction of sp³-hybridized carbons (Fsp3) is 0.588. The molecule has 2 aliphatic rings. The summed E-state index contributed by atoms with van der Waals surface area (Å²) in [5.74, 6) is 1.16. The van der Waals surface area contributed by atoms with E-state index in [-0.39, 0.29) is 5.41 Å². The number of Topliss-reactive ketones (excluding diaryl/α,β-unsaturated/α-hetero) is 1. The van der Waals surface area contributed by atoms with Crippen LogP contribution in [0.15, 0.2) is 30.3 Å². The summed E-state index contributed by atoms with van der Waals surface area (Å²) >= 11 is 0. The Kier molecular flexibility index (Phi) is 3.69. The van der Waals surface area contributed by atoms with Crippen molar-refractivity contribution in [3.05, 3.63) is 35.9 Å². The SMILES string of the molecule is O=C(CC1CCC1)C1(c2ccccc2)CCNCC1. The Morgan fingerprint density at radius 3 is 2.42 bits per heavy atom. The van der Waals surface area contributed by atoms with Crippen LogP contribution in [0.2, 0.25) is 0 Å². The number of piperidine rings is 1. The van der Waals surface area contributed by atoms with E-state index < -0.39 is 0 Å². The van der Waals surface area contributed by atoms with E-state index >= 15 is 0 Å². The van der Waals surface area contributed by atoms with Crippen molar-refractivity contribution < 1.29 is 4.79 Å². The summed E-state index contributed by atoms with van der Waals surface area (Å²) in [5.41, 5.74) is 1.03. The van der Waals surface area contributed by atoms with Gasteiger partial charge < -0.3 is 5.32 Å². The number of carbonyl (C=O) groups excluding carboxylic acids is 1. The van der Waals surface area contributed by atoms with Crippen LogP contribution in [0.1, 0.15) is 44.1 Å². The molecule has 1 saturated carbocycles. The van der Waals surface area contributed by atoms with Gasteiger partial charge in [-0.15, -0.1) is 0 Å². The molecule has 1 heterocycles. The molecule has 0 spiro atoms. The molecule has 1 aromatic carbocycles. The largest absolute Gasteiger partial charge is 0.317 e. The third-order valence-electron chi connectivity index (χ3n) is 5.02. The van der Waals surface area contributed by atoms with Gasteiger partial charge in [0.25, 0.3) is 0 Å². The Hall–Kier alpha value is -1.15. The summed E-state index contributed by atoms with van der Waals surface area (Å²) in [6.07, 6.45) is 6.56. The lowest BCUT2D eigenvalue weighted by Gasteiger charge is -2.38. The summed E-state index contributed by atoms with van der Waals surface area (Å²) < 4.78 is 0. The molecule has 2 nitrogen and oxygen atoms in total. The Morgan fingerprint density at radius 1 is 1.16 bits per heavy atom. The Bertz CT molecular complexity index is 430. The van der Waals surface area contributed by atoms with Crippen molar-refractivity contribution in [2.45, 2.75) is 43.9 Å². The molecular formula is C17H23NO. The monoisotopic (exact) mass is 257 g/mol. The topological polar surface area (TPSA) is 29.1 Å². The Labute approximate surface area is 115 Å². The molecule has 0 atom stereocenters. The lowest BCUT2D eigenvalue weighted by Crippen LogP contribution is -2.46. The predicted molar refractivity (Wildman–Crippen MR) is 77.2 cm³/mol. The molecule has 0 unspecified atom stereocenters. The lowest BCUT2D eigenvalue weighted by molar-refractivity contribution is -0.127. The maximum atomic E-state index is 12.9. The molecule has 1 saturated heterocycles. The number of ketones is 1. The van der Waals surface area contributed by atoms with Gasteiger partial charge in [-0.25, -0.2) is 0 Å². The predicted octanol–water partition coefficient (Wildman–Crippen LogP) is 3.07. The van der Waals surface area contributed by atoms with Crippen LogP contribution in [0.25, 0.3) is 0 Å². The molecule has 19 heavy (non-hydrogen) atoms. The van der Waals surface area contributed by atoms with E-state index in [1.807, 2.05) is 6.07 Å². The highest BCUT2D eigenvalue weighted by Gasteiger charge is 2.41. The van der Waals surface area contributed by atoms with Gasteiger partial charge in [-0.05, 0) is 37.4 Å². The third kappa shape index (κ3) is 2.46. The van der Waals surface area contributed by atoms with Gasteiger partial charge in [0.2, 0.25) is 0 Å². The number of hydrogen-bond donors (Lipinski definition) is 1. The van der Waals surface area contributed by atoms with E-state index in [0.717, 1.165) is 32.4 Å². The van der Waals surface area contributed by atoms with Crippen molar-refractivity contribution in [3.8, 4) is 0 Å². The van der Waals surface area contributed by atoms with Crippen LogP contribution < -0.4 is 5.32 Å². The Morgan fingerprint density at radius 2 is 1.84 bits per heavy atom. The van der Waals surface area contributed by atoms with Gasteiger partial charge in [0.15, 0.2) is 0 Å². The second kappa shape index (κ2) is 5.46. The maximum Gasteiger partial charge on any atom is 0.143 e. The molecule has 0 aromatic heterocycles. The first-order valence-electron chi connectivity index (χ1n) is 7.61. The van der Waals surface area contributed by atoms with E-state index in [9.17, 15) is 4.79 Å². The second-order valence-electron chi connectivity index (χ2n) is 6.12. The van der Waals surface area contributed by atoms with Crippen LogP contribution in [0.3, 0.4) is 0 Å². The molecule has 1 aliphatic carbocycles. The molecule has 1 N–H and O–H groups in total. The van der Waals surface area contributed by atoms with Crippen molar-refractivity contribution in [1.29, 1.82) is 0 Å². The molecule has 1 aromatic rings. The lowest BCUT2D eigenvalue weighted by atomic mass is 9.66. The normalized spacial score (nSPS) is 22.7. The van der Waals surface area contributed by atoms with Gasteiger partial charge in [-0.1, -0.05) is 49.6 Å². The van der Waals surface area contributed by atoms with Crippen LogP contribution in [-0.4, -0.2) is 18.9 Å². The first kappa shape index (κ1) is 12.9. The quantitative estimate of drug-likeness (QED) is 0.898. The number of rotatable bonds is 4. The van der Waals surface area contributed by atoms with Crippen LogP contribution in [-0.2, 0) is 10.2 Å². The highest BCUT2D eigenvalue weighted by Crippen LogP contribution is 2.39. The van der Waals surface area contributed by atoms with Crippen molar-refractivity contribution >= 4 is 5.78 Å². The molecule has 102 valence electrons. The van der Waals surface area contributed by atoms with Gasteiger partial charge in [-0.2, -0.15) is 0 Å². The standard InChI is InChI=1S/C17H23NO/c19-16(13-14-5-4-6-14)17(9-11-18-12-10-17)15-7-2-1-3-8-15/h1-3,7-8,14,18H,4-6,9-13H2. The first-order chi connectivity index (χ1) is 9.31. The van der Waals surface area contributed by atoms with Crippen LogP contribution >= 0.6 is 0 Å². The fourth-order valence-corrected chi connectivity index (χ4v) is 3.49. The van der Waals surface area contributed by atoms with Crippen LogP contribution in [0.5, 0.6) is 0 Å².